The molecule has 0 radical (unpaired) electrons. The van der Waals surface area contributed by atoms with Crippen LogP contribution in [0.25, 0.3) is 0 Å². The van der Waals surface area contributed by atoms with Crippen molar-refractivity contribution in [3.63, 3.8) is 0 Å². The Bertz CT molecular complexity index is 1140. The van der Waals surface area contributed by atoms with Crippen LogP contribution in [-0.2, 0) is 26.6 Å². The predicted molar refractivity (Wildman–Crippen MR) is 137 cm³/mol. The van der Waals surface area contributed by atoms with Gasteiger partial charge < -0.3 is 19.1 Å². The molecule has 4 nitrogen and oxygen atoms in total. The Morgan fingerprint density at radius 1 is 0.927 bits per heavy atom. The smallest absolute Gasteiger partial charge is 0.375 e. The SMILES string of the molecule is C[C@@H](O[C@H]1OCCC(CN2CCC3(CCCO3)CC2)[C@@H]1c1ccc(F)cc1)c1cc(C(F)(F)F)cc(C(F)(F)F)c1. The van der Waals surface area contributed by atoms with Gasteiger partial charge in [0.25, 0.3) is 0 Å². The largest absolute Gasteiger partial charge is 0.416 e. The van der Waals surface area contributed by atoms with Gasteiger partial charge in [-0.05, 0) is 86.4 Å². The van der Waals surface area contributed by atoms with E-state index in [2.05, 4.69) is 4.90 Å². The Morgan fingerprint density at radius 2 is 1.56 bits per heavy atom. The van der Waals surface area contributed by atoms with E-state index < -0.39 is 47.6 Å². The lowest BCUT2D eigenvalue weighted by Crippen LogP contribution is -2.48. The fourth-order valence-electron chi connectivity index (χ4n) is 6.40. The molecule has 0 N–H and O–H groups in total. The van der Waals surface area contributed by atoms with Gasteiger partial charge in [-0.2, -0.15) is 26.3 Å². The standard InChI is InChI=1S/C30H34F7NO3/c1-19(22-15-23(29(32,33)34)17-24(16-22)30(35,36)37)41-27-26(20-3-5-25(31)6-4-20)21(7-14-39-27)18-38-11-9-28(10-12-38)8-2-13-40-28/h3-6,15-17,19,21,26-27H,2,7-14,18H2,1H3/t19-,21?,26+,27-/m1/s1. The Balaban J connectivity index is 1.38. The first kappa shape index (κ1) is 30.3. The van der Waals surface area contributed by atoms with Crippen LogP contribution in [-0.4, -0.2) is 49.6 Å². The first-order valence-corrected chi connectivity index (χ1v) is 14.0. The van der Waals surface area contributed by atoms with Crippen molar-refractivity contribution in [3.8, 4) is 0 Å². The maximum absolute atomic E-state index is 13.8. The Kier molecular flexibility index (Phi) is 8.72. The minimum absolute atomic E-state index is 0.0113. The number of benzene rings is 2. The van der Waals surface area contributed by atoms with Gasteiger partial charge in [-0.3, -0.25) is 0 Å². The maximum Gasteiger partial charge on any atom is 0.416 e. The minimum atomic E-state index is -4.96. The zero-order chi connectivity index (χ0) is 29.4. The molecule has 41 heavy (non-hydrogen) atoms. The lowest BCUT2D eigenvalue weighted by atomic mass is 9.80. The van der Waals surface area contributed by atoms with Crippen molar-refractivity contribution in [1.82, 2.24) is 4.90 Å². The van der Waals surface area contributed by atoms with Crippen molar-refractivity contribution in [2.75, 3.05) is 32.8 Å². The van der Waals surface area contributed by atoms with Crippen LogP contribution in [0, 0.1) is 11.7 Å². The molecule has 3 aliphatic rings. The van der Waals surface area contributed by atoms with E-state index >= 15 is 0 Å². The molecule has 0 aromatic heterocycles. The summed E-state index contributed by atoms with van der Waals surface area (Å²) in [6.45, 7) is 4.95. The lowest BCUT2D eigenvalue weighted by Gasteiger charge is -2.44. The van der Waals surface area contributed by atoms with Gasteiger partial charge >= 0.3 is 12.4 Å². The zero-order valence-electron chi connectivity index (χ0n) is 22.7. The minimum Gasteiger partial charge on any atom is -0.375 e. The first-order valence-electron chi connectivity index (χ1n) is 14.0. The highest BCUT2D eigenvalue weighted by Crippen LogP contribution is 2.43. The van der Waals surface area contributed by atoms with Gasteiger partial charge in [-0.25, -0.2) is 4.39 Å². The average molecular weight is 590 g/mol. The van der Waals surface area contributed by atoms with Crippen LogP contribution in [0.2, 0.25) is 0 Å². The van der Waals surface area contributed by atoms with Crippen LogP contribution in [0.15, 0.2) is 42.5 Å². The van der Waals surface area contributed by atoms with Crippen molar-refractivity contribution in [1.29, 1.82) is 0 Å². The summed E-state index contributed by atoms with van der Waals surface area (Å²) in [5, 5.41) is 0. The molecule has 11 heteroatoms. The van der Waals surface area contributed by atoms with E-state index in [0.717, 1.165) is 50.9 Å². The monoisotopic (exact) mass is 589 g/mol. The summed E-state index contributed by atoms with van der Waals surface area (Å²) in [5.41, 5.74) is -2.35. The lowest BCUT2D eigenvalue weighted by molar-refractivity contribution is -0.211. The fraction of sp³-hybridized carbons (Fsp3) is 0.600. The van der Waals surface area contributed by atoms with E-state index in [4.69, 9.17) is 14.2 Å². The van der Waals surface area contributed by atoms with Crippen molar-refractivity contribution >= 4 is 0 Å². The molecule has 5 rings (SSSR count). The normalized spacial score (nSPS) is 26.4. The van der Waals surface area contributed by atoms with Gasteiger partial charge in [0.1, 0.15) is 5.82 Å². The maximum atomic E-state index is 13.8. The number of hydrogen-bond donors (Lipinski definition) is 0. The van der Waals surface area contributed by atoms with Gasteiger partial charge in [0.05, 0.1) is 29.4 Å². The molecule has 1 unspecified atom stereocenters. The summed E-state index contributed by atoms with van der Waals surface area (Å²) in [5.74, 6) is -0.815. The topological polar surface area (TPSA) is 30.9 Å². The highest BCUT2D eigenvalue weighted by molar-refractivity contribution is 5.35. The quantitative estimate of drug-likeness (QED) is 0.323. The van der Waals surface area contributed by atoms with Gasteiger partial charge in [0, 0.05) is 32.2 Å². The summed E-state index contributed by atoms with van der Waals surface area (Å²) in [7, 11) is 0. The van der Waals surface area contributed by atoms with Crippen LogP contribution in [0.5, 0.6) is 0 Å². The van der Waals surface area contributed by atoms with Crippen LogP contribution < -0.4 is 0 Å². The van der Waals surface area contributed by atoms with E-state index in [1.165, 1.54) is 19.1 Å². The van der Waals surface area contributed by atoms with Crippen molar-refractivity contribution in [2.24, 2.45) is 5.92 Å². The molecule has 3 heterocycles. The van der Waals surface area contributed by atoms with E-state index in [0.29, 0.717) is 31.7 Å². The third-order valence-electron chi connectivity index (χ3n) is 8.69. The van der Waals surface area contributed by atoms with Crippen LogP contribution >= 0.6 is 0 Å². The summed E-state index contributed by atoms with van der Waals surface area (Å²) in [6, 6.07) is 7.38. The molecular weight excluding hydrogens is 555 g/mol. The highest BCUT2D eigenvalue weighted by atomic mass is 19.4. The van der Waals surface area contributed by atoms with Gasteiger partial charge in [-0.15, -0.1) is 0 Å². The van der Waals surface area contributed by atoms with Crippen LogP contribution in [0.1, 0.15) is 73.3 Å². The van der Waals surface area contributed by atoms with E-state index in [-0.39, 0.29) is 23.1 Å². The Hall–Kier alpha value is -2.21. The second kappa shape index (κ2) is 11.8. The molecule has 0 amide bonds. The highest BCUT2D eigenvalue weighted by Gasteiger charge is 2.42. The molecule has 226 valence electrons. The van der Waals surface area contributed by atoms with Crippen molar-refractivity contribution in [3.05, 3.63) is 70.5 Å². The van der Waals surface area contributed by atoms with Gasteiger partial charge in [0.2, 0.25) is 0 Å². The van der Waals surface area contributed by atoms with E-state index in [1.807, 2.05) is 0 Å². The number of ether oxygens (including phenoxy) is 3. The summed E-state index contributed by atoms with van der Waals surface area (Å²) in [4.78, 5) is 2.36. The molecule has 0 saturated carbocycles. The molecule has 3 aliphatic heterocycles. The molecule has 2 aromatic rings. The number of rotatable bonds is 6. The van der Waals surface area contributed by atoms with Crippen molar-refractivity contribution in [2.45, 2.75) is 75.3 Å². The predicted octanol–water partition coefficient (Wildman–Crippen LogP) is 7.73. The number of nitrogens with zero attached hydrogens (tertiary/aromatic N) is 1. The van der Waals surface area contributed by atoms with Crippen LogP contribution in [0.3, 0.4) is 0 Å². The molecule has 2 aromatic carbocycles. The van der Waals surface area contributed by atoms with E-state index in [1.54, 1.807) is 12.1 Å². The fourth-order valence-corrected chi connectivity index (χ4v) is 6.40. The third kappa shape index (κ3) is 7.06. The summed E-state index contributed by atoms with van der Waals surface area (Å²) >= 11 is 0. The van der Waals surface area contributed by atoms with Gasteiger partial charge in [-0.1, -0.05) is 12.1 Å². The molecule has 0 bridgehead atoms. The molecular formula is C30H34F7NO3. The number of likely N-dealkylation sites (tertiary alicyclic amines) is 1. The third-order valence-corrected chi connectivity index (χ3v) is 8.69. The summed E-state index contributed by atoms with van der Waals surface area (Å²) in [6.07, 6.45) is -7.33. The number of alkyl halides is 6. The van der Waals surface area contributed by atoms with Crippen LogP contribution in [0.4, 0.5) is 30.7 Å². The molecule has 1 spiro atoms. The summed E-state index contributed by atoms with van der Waals surface area (Å²) < 4.78 is 113. The van der Waals surface area contributed by atoms with Crippen molar-refractivity contribution < 1.29 is 44.9 Å². The second-order valence-electron chi connectivity index (χ2n) is 11.4. The van der Waals surface area contributed by atoms with Gasteiger partial charge in [0.15, 0.2) is 6.29 Å². The molecule has 4 atom stereocenters. The average Bonchev–Trinajstić information content (AvgIpc) is 3.38. The molecule has 3 fully saturated rings. The number of hydrogen-bond acceptors (Lipinski definition) is 4. The molecule has 3 saturated heterocycles. The Labute approximate surface area is 234 Å². The number of piperidine rings is 1. The Morgan fingerprint density at radius 3 is 2.12 bits per heavy atom. The first-order chi connectivity index (χ1) is 19.3. The number of halogens is 7. The second-order valence-corrected chi connectivity index (χ2v) is 11.4. The van der Waals surface area contributed by atoms with E-state index in [9.17, 15) is 30.7 Å². The zero-order valence-corrected chi connectivity index (χ0v) is 22.7. The molecule has 0 aliphatic carbocycles.